The summed E-state index contributed by atoms with van der Waals surface area (Å²) in [6.45, 7) is 0. The number of hydrogen-bond donors (Lipinski definition) is 1. The average molecular weight is 261 g/mol. The van der Waals surface area contributed by atoms with Crippen LogP contribution >= 0.6 is 0 Å². The van der Waals surface area contributed by atoms with Crippen LogP contribution in [-0.4, -0.2) is 12.8 Å². The Labute approximate surface area is 118 Å². The summed E-state index contributed by atoms with van der Waals surface area (Å²) in [4.78, 5) is 0. The Morgan fingerprint density at radius 3 is 2.30 bits per heavy atom. The first kappa shape index (κ1) is 12.4. The second-order valence-corrected chi connectivity index (χ2v) is 4.60. The van der Waals surface area contributed by atoms with Crippen molar-refractivity contribution < 1.29 is 4.74 Å². The molecule has 0 spiro atoms. The van der Waals surface area contributed by atoms with E-state index in [2.05, 4.69) is 18.2 Å². The highest BCUT2D eigenvalue weighted by molar-refractivity contribution is 6.18. The van der Waals surface area contributed by atoms with E-state index in [0.29, 0.717) is 5.71 Å². The van der Waals surface area contributed by atoms with E-state index in [4.69, 9.17) is 10.1 Å². The maximum absolute atomic E-state index is 8.52. The Kier molecular flexibility index (Phi) is 3.21. The minimum atomic E-state index is 0.485. The standard InChI is InChI=1S/C18H15NO/c1-20-17-12-5-4-10-16(17)18(19)15-11-6-8-13-7-2-3-9-14(13)15/h2-12,19H,1H3. The molecule has 0 atom stereocenters. The van der Waals surface area contributed by atoms with Gasteiger partial charge in [0.05, 0.1) is 12.8 Å². The van der Waals surface area contributed by atoms with Crippen molar-refractivity contribution in [3.8, 4) is 5.75 Å². The molecule has 0 heterocycles. The van der Waals surface area contributed by atoms with Crippen molar-refractivity contribution in [2.45, 2.75) is 0 Å². The number of para-hydroxylation sites is 1. The Hall–Kier alpha value is -2.61. The summed E-state index contributed by atoms with van der Waals surface area (Å²) in [5.41, 5.74) is 2.22. The van der Waals surface area contributed by atoms with Gasteiger partial charge in [-0.25, -0.2) is 0 Å². The molecule has 3 aromatic carbocycles. The van der Waals surface area contributed by atoms with Crippen LogP contribution in [0.5, 0.6) is 5.75 Å². The first-order valence-corrected chi connectivity index (χ1v) is 6.51. The molecule has 20 heavy (non-hydrogen) atoms. The number of hydrogen-bond acceptors (Lipinski definition) is 2. The van der Waals surface area contributed by atoms with Gasteiger partial charge in [-0.05, 0) is 22.9 Å². The van der Waals surface area contributed by atoms with E-state index >= 15 is 0 Å². The third kappa shape index (κ3) is 2.05. The predicted molar refractivity (Wildman–Crippen MR) is 82.9 cm³/mol. The number of rotatable bonds is 3. The van der Waals surface area contributed by atoms with Crippen molar-refractivity contribution in [3.05, 3.63) is 77.9 Å². The molecule has 0 bridgehead atoms. The van der Waals surface area contributed by atoms with Gasteiger partial charge in [0.2, 0.25) is 0 Å². The third-order valence-corrected chi connectivity index (χ3v) is 3.44. The largest absolute Gasteiger partial charge is 0.496 e. The van der Waals surface area contributed by atoms with Crippen LogP contribution in [0.3, 0.4) is 0 Å². The minimum Gasteiger partial charge on any atom is -0.496 e. The quantitative estimate of drug-likeness (QED) is 0.702. The summed E-state index contributed by atoms with van der Waals surface area (Å²) < 4.78 is 5.36. The smallest absolute Gasteiger partial charge is 0.128 e. The van der Waals surface area contributed by atoms with Gasteiger partial charge in [0.25, 0.3) is 0 Å². The lowest BCUT2D eigenvalue weighted by atomic mass is 9.96. The van der Waals surface area contributed by atoms with Crippen LogP contribution in [0, 0.1) is 5.41 Å². The Balaban J connectivity index is 2.18. The molecule has 0 unspecified atom stereocenters. The van der Waals surface area contributed by atoms with E-state index in [1.165, 1.54) is 0 Å². The molecule has 0 aliphatic rings. The molecule has 0 aliphatic carbocycles. The fraction of sp³-hybridized carbons (Fsp3) is 0.0556. The molecule has 0 saturated heterocycles. The molecule has 3 aromatic rings. The molecule has 1 N–H and O–H groups in total. The lowest BCUT2D eigenvalue weighted by Crippen LogP contribution is -2.04. The number of fused-ring (bicyclic) bond motifs is 1. The topological polar surface area (TPSA) is 33.1 Å². The van der Waals surface area contributed by atoms with Gasteiger partial charge in [-0.2, -0.15) is 0 Å². The first-order chi connectivity index (χ1) is 9.81. The molecule has 0 saturated carbocycles. The SMILES string of the molecule is COc1ccccc1C(=N)c1cccc2ccccc12. The fourth-order valence-corrected chi connectivity index (χ4v) is 2.44. The van der Waals surface area contributed by atoms with E-state index < -0.39 is 0 Å². The first-order valence-electron chi connectivity index (χ1n) is 6.51. The molecule has 0 amide bonds. The molecule has 98 valence electrons. The van der Waals surface area contributed by atoms with Crippen molar-refractivity contribution in [1.29, 1.82) is 5.41 Å². The molecule has 3 rings (SSSR count). The van der Waals surface area contributed by atoms with E-state index in [-0.39, 0.29) is 0 Å². The molecule has 2 heteroatoms. The van der Waals surface area contributed by atoms with E-state index in [0.717, 1.165) is 27.6 Å². The zero-order valence-electron chi connectivity index (χ0n) is 11.3. The minimum absolute atomic E-state index is 0.485. The summed E-state index contributed by atoms with van der Waals surface area (Å²) in [6, 6.07) is 21.8. The summed E-state index contributed by atoms with van der Waals surface area (Å²) in [7, 11) is 1.63. The van der Waals surface area contributed by atoms with Crippen LogP contribution in [-0.2, 0) is 0 Å². The number of benzene rings is 3. The van der Waals surface area contributed by atoms with E-state index in [9.17, 15) is 0 Å². The van der Waals surface area contributed by atoms with Crippen LogP contribution in [0.1, 0.15) is 11.1 Å². The normalized spacial score (nSPS) is 10.4. The highest BCUT2D eigenvalue weighted by Crippen LogP contribution is 2.25. The van der Waals surface area contributed by atoms with Crippen molar-refractivity contribution in [1.82, 2.24) is 0 Å². The maximum atomic E-state index is 8.52. The Morgan fingerprint density at radius 1 is 0.800 bits per heavy atom. The average Bonchev–Trinajstić information content (AvgIpc) is 2.53. The summed E-state index contributed by atoms with van der Waals surface area (Å²) >= 11 is 0. The van der Waals surface area contributed by atoms with E-state index in [1.807, 2.05) is 48.5 Å². The van der Waals surface area contributed by atoms with Crippen molar-refractivity contribution >= 4 is 16.5 Å². The van der Waals surface area contributed by atoms with Gasteiger partial charge in [-0.1, -0.05) is 54.6 Å². The van der Waals surface area contributed by atoms with Crippen LogP contribution in [0.2, 0.25) is 0 Å². The van der Waals surface area contributed by atoms with Crippen LogP contribution in [0.25, 0.3) is 10.8 Å². The Morgan fingerprint density at radius 2 is 1.45 bits per heavy atom. The van der Waals surface area contributed by atoms with Gasteiger partial charge in [0, 0.05) is 11.1 Å². The van der Waals surface area contributed by atoms with Gasteiger partial charge in [-0.3, -0.25) is 5.41 Å². The zero-order chi connectivity index (χ0) is 13.9. The zero-order valence-corrected chi connectivity index (χ0v) is 11.3. The fourth-order valence-electron chi connectivity index (χ4n) is 2.44. The highest BCUT2D eigenvalue weighted by atomic mass is 16.5. The van der Waals surface area contributed by atoms with Gasteiger partial charge in [0.1, 0.15) is 5.75 Å². The lowest BCUT2D eigenvalue weighted by molar-refractivity contribution is 0.414. The molecular weight excluding hydrogens is 246 g/mol. The monoisotopic (exact) mass is 261 g/mol. The third-order valence-electron chi connectivity index (χ3n) is 3.44. The Bertz CT molecular complexity index is 772. The summed E-state index contributed by atoms with van der Waals surface area (Å²) in [5, 5.41) is 10.7. The number of methoxy groups -OCH3 is 1. The van der Waals surface area contributed by atoms with Crippen LogP contribution in [0.4, 0.5) is 0 Å². The van der Waals surface area contributed by atoms with Gasteiger partial charge in [-0.15, -0.1) is 0 Å². The molecule has 2 nitrogen and oxygen atoms in total. The van der Waals surface area contributed by atoms with E-state index in [1.54, 1.807) is 7.11 Å². The number of nitrogens with one attached hydrogen (secondary N) is 1. The van der Waals surface area contributed by atoms with Crippen molar-refractivity contribution in [3.63, 3.8) is 0 Å². The predicted octanol–water partition coefficient (Wildman–Crippen LogP) is 4.26. The second kappa shape index (κ2) is 5.17. The maximum Gasteiger partial charge on any atom is 0.128 e. The van der Waals surface area contributed by atoms with Crippen molar-refractivity contribution in [2.75, 3.05) is 7.11 Å². The molecule has 0 fully saturated rings. The molecule has 0 aliphatic heterocycles. The second-order valence-electron chi connectivity index (χ2n) is 4.60. The van der Waals surface area contributed by atoms with Crippen LogP contribution in [0.15, 0.2) is 66.7 Å². The lowest BCUT2D eigenvalue weighted by Gasteiger charge is -2.11. The summed E-state index contributed by atoms with van der Waals surface area (Å²) in [5.74, 6) is 0.727. The number of ether oxygens (including phenoxy) is 1. The van der Waals surface area contributed by atoms with Gasteiger partial charge < -0.3 is 4.74 Å². The molecular formula is C18H15NO. The molecule has 0 radical (unpaired) electrons. The van der Waals surface area contributed by atoms with Crippen LogP contribution < -0.4 is 4.74 Å². The van der Waals surface area contributed by atoms with Gasteiger partial charge in [0.15, 0.2) is 0 Å². The van der Waals surface area contributed by atoms with Crippen molar-refractivity contribution in [2.24, 2.45) is 0 Å². The summed E-state index contributed by atoms with van der Waals surface area (Å²) in [6.07, 6.45) is 0. The highest BCUT2D eigenvalue weighted by Gasteiger charge is 2.12. The van der Waals surface area contributed by atoms with Gasteiger partial charge >= 0.3 is 0 Å². The molecule has 0 aromatic heterocycles.